The van der Waals surface area contributed by atoms with Gasteiger partial charge in [-0.25, -0.2) is 0 Å². The Hall–Kier alpha value is -0.820. The Kier molecular flexibility index (Phi) is 3.43. The van der Waals surface area contributed by atoms with Gasteiger partial charge in [-0.2, -0.15) is 0 Å². The van der Waals surface area contributed by atoms with E-state index >= 15 is 0 Å². The molecule has 2 aliphatic rings. The molecule has 18 heavy (non-hydrogen) atoms. The quantitative estimate of drug-likeness (QED) is 0.753. The second kappa shape index (κ2) is 5.05. The molecule has 1 saturated heterocycles. The van der Waals surface area contributed by atoms with Crippen LogP contribution in [0.25, 0.3) is 0 Å². The third kappa shape index (κ3) is 1.80. The fourth-order valence-electron chi connectivity index (χ4n) is 4.49. The SMILES string of the molecule is CCN1CCC[C@@H]2CCCC[C@@]21c1ccccc1. The summed E-state index contributed by atoms with van der Waals surface area (Å²) < 4.78 is 0. The molecule has 98 valence electrons. The highest BCUT2D eigenvalue weighted by Gasteiger charge is 2.47. The fourth-order valence-corrected chi connectivity index (χ4v) is 4.49. The topological polar surface area (TPSA) is 3.24 Å². The van der Waals surface area contributed by atoms with Crippen LogP contribution in [0.15, 0.2) is 30.3 Å². The Morgan fingerprint density at radius 2 is 1.89 bits per heavy atom. The third-order valence-electron chi connectivity index (χ3n) is 5.24. The van der Waals surface area contributed by atoms with Gasteiger partial charge >= 0.3 is 0 Å². The minimum Gasteiger partial charge on any atom is -0.294 e. The van der Waals surface area contributed by atoms with Gasteiger partial charge in [-0.15, -0.1) is 0 Å². The maximum atomic E-state index is 2.77. The van der Waals surface area contributed by atoms with Crippen molar-refractivity contribution in [3.63, 3.8) is 0 Å². The van der Waals surface area contributed by atoms with Crippen molar-refractivity contribution in [2.45, 2.75) is 51.0 Å². The van der Waals surface area contributed by atoms with Gasteiger partial charge in [0.05, 0.1) is 0 Å². The van der Waals surface area contributed by atoms with Crippen LogP contribution in [0.2, 0.25) is 0 Å². The number of nitrogens with zero attached hydrogens (tertiary/aromatic N) is 1. The number of rotatable bonds is 2. The lowest BCUT2D eigenvalue weighted by atomic mass is 9.64. The Morgan fingerprint density at radius 1 is 1.11 bits per heavy atom. The van der Waals surface area contributed by atoms with Crippen LogP contribution in [0.3, 0.4) is 0 Å². The lowest BCUT2D eigenvalue weighted by Gasteiger charge is -2.55. The summed E-state index contributed by atoms with van der Waals surface area (Å²) in [7, 11) is 0. The molecule has 0 radical (unpaired) electrons. The zero-order valence-corrected chi connectivity index (χ0v) is 11.6. The van der Waals surface area contributed by atoms with Crippen molar-refractivity contribution in [1.82, 2.24) is 4.90 Å². The summed E-state index contributed by atoms with van der Waals surface area (Å²) in [6.07, 6.45) is 8.48. The van der Waals surface area contributed by atoms with Crippen molar-refractivity contribution < 1.29 is 0 Å². The van der Waals surface area contributed by atoms with Gasteiger partial charge in [0.25, 0.3) is 0 Å². The molecule has 1 heterocycles. The van der Waals surface area contributed by atoms with E-state index in [1.165, 1.54) is 51.6 Å². The van der Waals surface area contributed by atoms with E-state index < -0.39 is 0 Å². The number of hydrogen-bond donors (Lipinski definition) is 0. The maximum absolute atomic E-state index is 2.77. The van der Waals surface area contributed by atoms with Crippen molar-refractivity contribution in [1.29, 1.82) is 0 Å². The number of fused-ring (bicyclic) bond motifs is 1. The zero-order chi connectivity index (χ0) is 12.4. The molecule has 1 nitrogen and oxygen atoms in total. The molecule has 0 N–H and O–H groups in total. The lowest BCUT2D eigenvalue weighted by molar-refractivity contribution is -0.0362. The van der Waals surface area contributed by atoms with Crippen LogP contribution in [-0.4, -0.2) is 18.0 Å². The van der Waals surface area contributed by atoms with Gasteiger partial charge in [0, 0.05) is 5.54 Å². The van der Waals surface area contributed by atoms with E-state index in [0.29, 0.717) is 5.54 Å². The van der Waals surface area contributed by atoms with E-state index in [0.717, 1.165) is 5.92 Å². The monoisotopic (exact) mass is 243 g/mol. The Morgan fingerprint density at radius 3 is 2.67 bits per heavy atom. The smallest absolute Gasteiger partial charge is 0.0488 e. The van der Waals surface area contributed by atoms with Gasteiger partial charge in [-0.3, -0.25) is 4.90 Å². The molecular weight excluding hydrogens is 218 g/mol. The first-order valence-corrected chi connectivity index (χ1v) is 7.68. The Labute approximate surface area is 111 Å². The first-order chi connectivity index (χ1) is 8.88. The fraction of sp³-hybridized carbons (Fsp3) is 0.647. The van der Waals surface area contributed by atoms with Crippen LogP contribution >= 0.6 is 0 Å². The number of hydrogen-bond acceptors (Lipinski definition) is 1. The highest BCUT2D eigenvalue weighted by Crippen LogP contribution is 2.50. The first-order valence-electron chi connectivity index (χ1n) is 7.68. The molecule has 3 rings (SSSR count). The summed E-state index contributed by atoms with van der Waals surface area (Å²) in [5.74, 6) is 0.891. The molecule has 1 aromatic carbocycles. The summed E-state index contributed by atoms with van der Waals surface area (Å²) in [5.41, 5.74) is 1.95. The van der Waals surface area contributed by atoms with E-state index in [-0.39, 0.29) is 0 Å². The van der Waals surface area contributed by atoms with Gasteiger partial charge in [-0.1, -0.05) is 50.1 Å². The minimum atomic E-state index is 0.368. The van der Waals surface area contributed by atoms with Crippen molar-refractivity contribution in [2.24, 2.45) is 5.92 Å². The number of piperidine rings is 1. The van der Waals surface area contributed by atoms with E-state index in [4.69, 9.17) is 0 Å². The van der Waals surface area contributed by atoms with Gasteiger partial charge < -0.3 is 0 Å². The molecule has 1 aliphatic carbocycles. The largest absolute Gasteiger partial charge is 0.294 e. The van der Waals surface area contributed by atoms with Crippen LogP contribution in [0.4, 0.5) is 0 Å². The second-order valence-electron chi connectivity index (χ2n) is 5.95. The van der Waals surface area contributed by atoms with Crippen molar-refractivity contribution in [3.8, 4) is 0 Å². The first kappa shape index (κ1) is 12.2. The Bertz CT molecular complexity index is 375. The molecule has 1 aromatic rings. The van der Waals surface area contributed by atoms with Gasteiger partial charge in [0.1, 0.15) is 0 Å². The van der Waals surface area contributed by atoms with Crippen molar-refractivity contribution in [3.05, 3.63) is 35.9 Å². The number of likely N-dealkylation sites (tertiary alicyclic amines) is 1. The second-order valence-corrected chi connectivity index (χ2v) is 5.95. The van der Waals surface area contributed by atoms with E-state index in [9.17, 15) is 0 Å². The minimum absolute atomic E-state index is 0.368. The van der Waals surface area contributed by atoms with Gasteiger partial charge in [0.2, 0.25) is 0 Å². The molecule has 0 amide bonds. The molecule has 2 fully saturated rings. The molecule has 0 spiro atoms. The van der Waals surface area contributed by atoms with Gasteiger partial charge in [0.15, 0.2) is 0 Å². The molecule has 1 aliphatic heterocycles. The predicted molar refractivity (Wildman–Crippen MR) is 76.6 cm³/mol. The number of benzene rings is 1. The van der Waals surface area contributed by atoms with Gasteiger partial charge in [-0.05, 0) is 50.3 Å². The van der Waals surface area contributed by atoms with Crippen LogP contribution in [0, 0.1) is 5.92 Å². The van der Waals surface area contributed by atoms with E-state index in [1.807, 2.05) is 0 Å². The summed E-state index contributed by atoms with van der Waals surface area (Å²) in [5, 5.41) is 0. The standard InChI is InChI=1S/C17H25N/c1-2-18-14-8-12-16-11-6-7-13-17(16,18)15-9-4-3-5-10-15/h3-5,9-10,16H,2,6-8,11-14H2,1H3/t16-,17+/m0/s1. The van der Waals surface area contributed by atoms with Crippen LogP contribution in [0.1, 0.15) is 51.0 Å². The van der Waals surface area contributed by atoms with E-state index in [2.05, 4.69) is 42.2 Å². The maximum Gasteiger partial charge on any atom is 0.0488 e. The molecular formula is C17H25N. The van der Waals surface area contributed by atoms with Crippen LogP contribution < -0.4 is 0 Å². The normalized spacial score (nSPS) is 33.1. The average molecular weight is 243 g/mol. The molecule has 0 unspecified atom stereocenters. The summed E-state index contributed by atoms with van der Waals surface area (Å²) in [6.45, 7) is 4.83. The van der Waals surface area contributed by atoms with Crippen molar-refractivity contribution >= 4 is 0 Å². The van der Waals surface area contributed by atoms with Crippen LogP contribution in [0.5, 0.6) is 0 Å². The van der Waals surface area contributed by atoms with Crippen molar-refractivity contribution in [2.75, 3.05) is 13.1 Å². The zero-order valence-electron chi connectivity index (χ0n) is 11.6. The molecule has 0 bridgehead atoms. The molecule has 1 heteroatoms. The Balaban J connectivity index is 2.05. The summed E-state index contributed by atoms with van der Waals surface area (Å²) >= 11 is 0. The molecule has 2 atom stereocenters. The summed E-state index contributed by atoms with van der Waals surface area (Å²) in [6, 6.07) is 11.3. The third-order valence-corrected chi connectivity index (χ3v) is 5.24. The summed E-state index contributed by atoms with van der Waals surface area (Å²) in [4.78, 5) is 2.77. The predicted octanol–water partition coefficient (Wildman–Crippen LogP) is 4.19. The highest BCUT2D eigenvalue weighted by atomic mass is 15.2. The highest BCUT2D eigenvalue weighted by molar-refractivity contribution is 5.27. The lowest BCUT2D eigenvalue weighted by Crippen LogP contribution is -2.55. The average Bonchev–Trinajstić information content (AvgIpc) is 2.47. The molecule has 1 saturated carbocycles. The van der Waals surface area contributed by atoms with Crippen LogP contribution in [-0.2, 0) is 5.54 Å². The van der Waals surface area contributed by atoms with E-state index in [1.54, 1.807) is 5.56 Å². The molecule has 0 aromatic heterocycles.